The Kier molecular flexibility index (Phi) is 2.98. The molecule has 2 rings (SSSR count). The highest BCUT2D eigenvalue weighted by molar-refractivity contribution is 7.87. The van der Waals surface area contributed by atoms with E-state index >= 15 is 0 Å². The molecular weight excluding hydrogens is 264 g/mol. The smallest absolute Gasteiger partial charge is 0.263 e. The summed E-state index contributed by atoms with van der Waals surface area (Å²) < 4.78 is 26.7. The second-order valence-electron chi connectivity index (χ2n) is 3.20. The van der Waals surface area contributed by atoms with Gasteiger partial charge in [0.15, 0.2) is 0 Å². The van der Waals surface area contributed by atoms with Crippen molar-refractivity contribution in [2.45, 2.75) is 4.90 Å². The molecule has 0 saturated carbocycles. The molecule has 0 radical (unpaired) electrons. The molecule has 1 aromatic carbocycles. The molecule has 2 aromatic rings. The summed E-state index contributed by atoms with van der Waals surface area (Å²) in [6.07, 6.45) is 2.90. The van der Waals surface area contributed by atoms with Crippen LogP contribution in [0, 0.1) is 11.3 Å². The summed E-state index contributed by atoms with van der Waals surface area (Å²) in [6, 6.07) is 6.13. The number of halogens is 1. The van der Waals surface area contributed by atoms with Crippen molar-refractivity contribution in [3.63, 3.8) is 0 Å². The number of aromatic nitrogens is 1. The SMILES string of the molecule is N#Cc1cncc2ccc(S(=O)(=O)OCl)cc12. The molecule has 1 aromatic heterocycles. The lowest BCUT2D eigenvalue weighted by molar-refractivity contribution is 0.509. The monoisotopic (exact) mass is 268 g/mol. The first-order valence-corrected chi connectivity index (χ1v) is 6.13. The Balaban J connectivity index is 2.78. The molecule has 0 unspecified atom stereocenters. The average Bonchev–Trinajstić information content (AvgIpc) is 2.37. The Morgan fingerprint density at radius 3 is 2.76 bits per heavy atom. The van der Waals surface area contributed by atoms with Crippen LogP contribution in [-0.2, 0) is 13.9 Å². The highest BCUT2D eigenvalue weighted by atomic mass is 35.5. The molecule has 7 heteroatoms. The predicted octanol–water partition coefficient (Wildman–Crippen LogP) is 1.97. The van der Waals surface area contributed by atoms with E-state index < -0.39 is 10.1 Å². The van der Waals surface area contributed by atoms with Crippen molar-refractivity contribution in [3.8, 4) is 6.07 Å². The molecular formula is C10H5ClN2O3S. The van der Waals surface area contributed by atoms with Crippen molar-refractivity contribution < 1.29 is 12.2 Å². The number of nitriles is 1. The summed E-state index contributed by atoms with van der Waals surface area (Å²) in [5, 5.41) is 10.0. The van der Waals surface area contributed by atoms with Crippen molar-refractivity contribution in [1.29, 1.82) is 5.26 Å². The summed E-state index contributed by atoms with van der Waals surface area (Å²) in [6.45, 7) is 0. The van der Waals surface area contributed by atoms with Crippen molar-refractivity contribution in [1.82, 2.24) is 4.98 Å². The summed E-state index contributed by atoms with van der Waals surface area (Å²) in [4.78, 5) is 3.76. The molecule has 0 spiro atoms. The summed E-state index contributed by atoms with van der Waals surface area (Å²) >= 11 is 4.89. The molecule has 86 valence electrons. The van der Waals surface area contributed by atoms with Gasteiger partial charge < -0.3 is 0 Å². The van der Waals surface area contributed by atoms with Crippen molar-refractivity contribution in [2.75, 3.05) is 0 Å². The number of hydrogen-bond acceptors (Lipinski definition) is 5. The molecule has 0 fully saturated rings. The van der Waals surface area contributed by atoms with E-state index in [-0.39, 0.29) is 10.5 Å². The minimum Gasteiger partial charge on any atom is -0.263 e. The normalized spacial score (nSPS) is 11.3. The van der Waals surface area contributed by atoms with Gasteiger partial charge in [-0.05, 0) is 12.1 Å². The largest absolute Gasteiger partial charge is 0.312 e. The maximum atomic E-state index is 11.4. The number of hydrogen-bond donors (Lipinski definition) is 0. The first-order valence-electron chi connectivity index (χ1n) is 4.41. The van der Waals surface area contributed by atoms with Crippen LogP contribution in [0.25, 0.3) is 10.8 Å². The van der Waals surface area contributed by atoms with Gasteiger partial charge in [-0.3, -0.25) is 4.98 Å². The lowest BCUT2D eigenvalue weighted by Crippen LogP contribution is -1.99. The molecule has 5 nitrogen and oxygen atoms in total. The van der Waals surface area contributed by atoms with E-state index in [4.69, 9.17) is 17.1 Å². The van der Waals surface area contributed by atoms with Crippen LogP contribution in [0.3, 0.4) is 0 Å². The van der Waals surface area contributed by atoms with Crippen molar-refractivity contribution >= 4 is 32.8 Å². The van der Waals surface area contributed by atoms with Gasteiger partial charge in [0.25, 0.3) is 0 Å². The third-order valence-electron chi connectivity index (χ3n) is 2.22. The van der Waals surface area contributed by atoms with E-state index in [2.05, 4.69) is 8.72 Å². The van der Waals surface area contributed by atoms with Crippen LogP contribution >= 0.6 is 11.9 Å². The van der Waals surface area contributed by atoms with Crippen LogP contribution < -0.4 is 0 Å². The zero-order chi connectivity index (χ0) is 12.5. The van der Waals surface area contributed by atoms with E-state index in [1.54, 1.807) is 0 Å². The Morgan fingerprint density at radius 1 is 1.35 bits per heavy atom. The van der Waals surface area contributed by atoms with Crippen LogP contribution in [0.2, 0.25) is 0 Å². The molecule has 17 heavy (non-hydrogen) atoms. The average molecular weight is 269 g/mol. The molecule has 0 N–H and O–H groups in total. The molecule has 0 atom stereocenters. The van der Waals surface area contributed by atoms with Crippen molar-refractivity contribution in [2.24, 2.45) is 0 Å². The topological polar surface area (TPSA) is 80.0 Å². The zero-order valence-corrected chi connectivity index (χ0v) is 9.86. The highest BCUT2D eigenvalue weighted by Crippen LogP contribution is 2.22. The Labute approximate surface area is 103 Å². The van der Waals surface area contributed by atoms with Gasteiger partial charge in [-0.1, -0.05) is 6.07 Å². The molecule has 1 heterocycles. The van der Waals surface area contributed by atoms with Gasteiger partial charge in [-0.25, -0.2) is 0 Å². The van der Waals surface area contributed by atoms with Gasteiger partial charge in [0.05, 0.1) is 22.3 Å². The third kappa shape index (κ3) is 2.08. The molecule has 0 aliphatic heterocycles. The number of rotatable bonds is 2. The lowest BCUT2D eigenvalue weighted by atomic mass is 10.1. The van der Waals surface area contributed by atoms with Gasteiger partial charge in [-0.15, -0.1) is 0 Å². The summed E-state index contributed by atoms with van der Waals surface area (Å²) in [5.41, 5.74) is 0.286. The molecule has 0 saturated heterocycles. The van der Waals surface area contributed by atoms with E-state index in [1.165, 1.54) is 30.6 Å². The fourth-order valence-electron chi connectivity index (χ4n) is 1.42. The maximum Gasteiger partial charge on any atom is 0.312 e. The fourth-order valence-corrected chi connectivity index (χ4v) is 2.21. The van der Waals surface area contributed by atoms with E-state index in [9.17, 15) is 8.42 Å². The second kappa shape index (κ2) is 4.30. The van der Waals surface area contributed by atoms with Crippen LogP contribution in [0.15, 0.2) is 35.5 Å². The van der Waals surface area contributed by atoms with Crippen LogP contribution in [0.4, 0.5) is 0 Å². The first-order chi connectivity index (χ1) is 8.08. The van der Waals surface area contributed by atoms with Gasteiger partial charge in [0.2, 0.25) is 0 Å². The number of pyridine rings is 1. The molecule has 0 aliphatic rings. The van der Waals surface area contributed by atoms with Crippen LogP contribution in [0.1, 0.15) is 5.56 Å². The Morgan fingerprint density at radius 2 is 2.12 bits per heavy atom. The zero-order valence-electron chi connectivity index (χ0n) is 8.29. The molecule has 0 aliphatic carbocycles. The standard InChI is InChI=1S/C10H5ClN2O3S/c11-16-17(14,15)9-2-1-7-5-13-6-8(4-12)10(7)3-9/h1-3,5-6H. The van der Waals surface area contributed by atoms with Gasteiger partial charge in [0.1, 0.15) is 6.07 Å². The summed E-state index contributed by atoms with van der Waals surface area (Å²) in [5.74, 6) is 0. The van der Waals surface area contributed by atoms with E-state index in [0.29, 0.717) is 10.8 Å². The predicted molar refractivity (Wildman–Crippen MR) is 60.6 cm³/mol. The third-order valence-corrected chi connectivity index (χ3v) is 3.72. The van der Waals surface area contributed by atoms with Crippen LogP contribution in [-0.4, -0.2) is 13.4 Å². The fraction of sp³-hybridized carbons (Fsp3) is 0. The highest BCUT2D eigenvalue weighted by Gasteiger charge is 2.15. The minimum atomic E-state index is -3.98. The Bertz CT molecular complexity index is 722. The molecule has 0 amide bonds. The van der Waals surface area contributed by atoms with E-state index in [0.717, 1.165) is 0 Å². The number of fused-ring (bicyclic) bond motifs is 1. The van der Waals surface area contributed by atoms with Crippen molar-refractivity contribution in [3.05, 3.63) is 36.2 Å². The van der Waals surface area contributed by atoms with Crippen LogP contribution in [0.5, 0.6) is 0 Å². The second-order valence-corrected chi connectivity index (χ2v) is 5.08. The van der Waals surface area contributed by atoms with Gasteiger partial charge in [0, 0.05) is 23.2 Å². The Hall–Kier alpha value is -1.68. The first kappa shape index (κ1) is 11.8. The molecule has 0 bridgehead atoms. The summed E-state index contributed by atoms with van der Waals surface area (Å²) in [7, 11) is -3.98. The minimum absolute atomic E-state index is 0.109. The van der Waals surface area contributed by atoms with Gasteiger partial charge in [-0.2, -0.15) is 17.4 Å². The lowest BCUT2D eigenvalue weighted by Gasteiger charge is -2.03. The number of nitrogens with zero attached hydrogens (tertiary/aromatic N) is 2. The van der Waals surface area contributed by atoms with E-state index in [1.807, 2.05) is 6.07 Å². The quantitative estimate of drug-likeness (QED) is 0.832. The number of benzene rings is 1. The maximum absolute atomic E-state index is 11.4. The van der Waals surface area contributed by atoms with Gasteiger partial charge >= 0.3 is 10.1 Å².